The normalized spacial score (nSPS) is 10.0. The van der Waals surface area contributed by atoms with Crippen molar-refractivity contribution in [2.24, 2.45) is 0 Å². The van der Waals surface area contributed by atoms with Crippen LogP contribution in [0.5, 0.6) is 0 Å². The van der Waals surface area contributed by atoms with Gasteiger partial charge in [0.05, 0.1) is 28.5 Å². The highest BCUT2D eigenvalue weighted by molar-refractivity contribution is 6.36. The van der Waals surface area contributed by atoms with Crippen molar-refractivity contribution in [3.05, 3.63) is 64.3 Å². The first-order chi connectivity index (χ1) is 11.6. The molecule has 24 heavy (non-hydrogen) atoms. The summed E-state index contributed by atoms with van der Waals surface area (Å²) in [5, 5.41) is 23.8. The Hall–Kier alpha value is -2.88. The molecule has 3 aromatic rings. The smallest absolute Gasteiger partial charge is 0.249 e. The molecule has 2 aromatic carbocycles. The van der Waals surface area contributed by atoms with E-state index in [0.29, 0.717) is 38.7 Å². The third-order valence-electron chi connectivity index (χ3n) is 3.00. The van der Waals surface area contributed by atoms with Crippen molar-refractivity contribution in [2.75, 3.05) is 10.6 Å². The van der Waals surface area contributed by atoms with Gasteiger partial charge in [-0.25, -0.2) is 0 Å². The molecule has 0 atom stereocenters. The number of nitrogens with one attached hydrogen (secondary N) is 2. The molecule has 0 amide bonds. The van der Waals surface area contributed by atoms with Gasteiger partial charge < -0.3 is 10.6 Å². The van der Waals surface area contributed by atoms with Gasteiger partial charge in [0.25, 0.3) is 0 Å². The zero-order valence-electron chi connectivity index (χ0n) is 12.2. The van der Waals surface area contributed by atoms with Crippen molar-refractivity contribution in [3.8, 4) is 6.07 Å². The number of benzene rings is 2. The molecule has 0 aliphatic carbocycles. The molecule has 3 rings (SSSR count). The second-order valence-corrected chi connectivity index (χ2v) is 5.58. The highest BCUT2D eigenvalue weighted by Crippen LogP contribution is 2.27. The molecular weight excluding hydrogens is 347 g/mol. The SMILES string of the molecule is N#Cc1cccc(Nc2nncc(Nc3ccc(Cl)cc3Cl)n2)c1. The van der Waals surface area contributed by atoms with Crippen LogP contribution in [0, 0.1) is 11.3 Å². The van der Waals surface area contributed by atoms with Crippen LogP contribution in [0.1, 0.15) is 5.56 Å². The minimum Gasteiger partial charge on any atom is -0.338 e. The first kappa shape index (κ1) is 16.0. The lowest BCUT2D eigenvalue weighted by Gasteiger charge is -2.09. The number of aromatic nitrogens is 3. The van der Waals surface area contributed by atoms with Gasteiger partial charge in [-0.2, -0.15) is 15.3 Å². The summed E-state index contributed by atoms with van der Waals surface area (Å²) in [5.41, 5.74) is 1.88. The maximum absolute atomic E-state index is 8.93. The van der Waals surface area contributed by atoms with Crippen molar-refractivity contribution in [1.29, 1.82) is 5.26 Å². The van der Waals surface area contributed by atoms with E-state index in [1.807, 2.05) is 0 Å². The van der Waals surface area contributed by atoms with E-state index >= 15 is 0 Å². The van der Waals surface area contributed by atoms with E-state index in [1.165, 1.54) is 6.20 Å². The van der Waals surface area contributed by atoms with E-state index in [2.05, 4.69) is 31.9 Å². The van der Waals surface area contributed by atoms with E-state index in [1.54, 1.807) is 42.5 Å². The summed E-state index contributed by atoms with van der Waals surface area (Å²) < 4.78 is 0. The molecule has 0 unspecified atom stereocenters. The molecule has 0 fully saturated rings. The van der Waals surface area contributed by atoms with Crippen LogP contribution in [0.4, 0.5) is 23.1 Å². The van der Waals surface area contributed by atoms with E-state index in [4.69, 9.17) is 28.5 Å². The lowest BCUT2D eigenvalue weighted by molar-refractivity contribution is 0.982. The highest BCUT2D eigenvalue weighted by atomic mass is 35.5. The Balaban J connectivity index is 1.80. The molecule has 8 heteroatoms. The molecule has 0 saturated carbocycles. The van der Waals surface area contributed by atoms with Crippen LogP contribution in [0.25, 0.3) is 0 Å². The van der Waals surface area contributed by atoms with Gasteiger partial charge in [-0.3, -0.25) is 0 Å². The van der Waals surface area contributed by atoms with Crippen LogP contribution in [-0.4, -0.2) is 15.2 Å². The summed E-state index contributed by atoms with van der Waals surface area (Å²) >= 11 is 12.0. The van der Waals surface area contributed by atoms with Crippen LogP contribution in [0.15, 0.2) is 48.7 Å². The standard InChI is InChI=1S/C16H10Cl2N6/c17-11-4-5-14(13(18)7-11)22-15-9-20-24-16(23-15)21-12-3-1-2-10(6-12)8-19/h1-7,9H,(H2,21,22,23,24). The number of nitrogens with zero attached hydrogens (tertiary/aromatic N) is 4. The predicted molar refractivity (Wildman–Crippen MR) is 94.0 cm³/mol. The number of hydrogen-bond donors (Lipinski definition) is 2. The molecule has 0 saturated heterocycles. The van der Waals surface area contributed by atoms with Gasteiger partial charge in [-0.1, -0.05) is 29.3 Å². The van der Waals surface area contributed by atoms with Crippen LogP contribution < -0.4 is 10.6 Å². The van der Waals surface area contributed by atoms with Crippen molar-refractivity contribution < 1.29 is 0 Å². The number of nitriles is 1. The second kappa shape index (κ2) is 7.13. The van der Waals surface area contributed by atoms with Crippen molar-refractivity contribution >= 4 is 46.3 Å². The fourth-order valence-electron chi connectivity index (χ4n) is 1.94. The molecule has 6 nitrogen and oxygen atoms in total. The molecule has 0 aliphatic heterocycles. The first-order valence-corrected chi connectivity index (χ1v) is 7.58. The molecule has 0 bridgehead atoms. The Labute approximate surface area is 148 Å². The summed E-state index contributed by atoms with van der Waals surface area (Å²) in [6, 6.07) is 14.2. The lowest BCUT2D eigenvalue weighted by Crippen LogP contribution is -2.02. The minimum absolute atomic E-state index is 0.292. The van der Waals surface area contributed by atoms with Gasteiger partial charge in [0, 0.05) is 10.7 Å². The van der Waals surface area contributed by atoms with Gasteiger partial charge in [0.2, 0.25) is 5.95 Å². The molecule has 0 aliphatic rings. The Morgan fingerprint density at radius 1 is 1.04 bits per heavy atom. The van der Waals surface area contributed by atoms with Gasteiger partial charge in [-0.05, 0) is 36.4 Å². The molecule has 0 radical (unpaired) electrons. The largest absolute Gasteiger partial charge is 0.338 e. The molecule has 2 N–H and O–H groups in total. The van der Waals surface area contributed by atoms with Crippen molar-refractivity contribution in [3.63, 3.8) is 0 Å². The number of anilines is 4. The average molecular weight is 357 g/mol. The van der Waals surface area contributed by atoms with Crippen LogP contribution in [-0.2, 0) is 0 Å². The Kier molecular flexibility index (Phi) is 4.75. The summed E-state index contributed by atoms with van der Waals surface area (Å²) in [7, 11) is 0. The van der Waals surface area contributed by atoms with Crippen LogP contribution in [0.2, 0.25) is 10.0 Å². The Morgan fingerprint density at radius 3 is 2.71 bits per heavy atom. The molecule has 1 heterocycles. The zero-order chi connectivity index (χ0) is 16.9. The summed E-state index contributed by atoms with van der Waals surface area (Å²) in [6.07, 6.45) is 1.47. The fraction of sp³-hybridized carbons (Fsp3) is 0. The highest BCUT2D eigenvalue weighted by Gasteiger charge is 2.05. The van der Waals surface area contributed by atoms with E-state index in [9.17, 15) is 0 Å². The molecule has 1 aromatic heterocycles. The number of rotatable bonds is 4. The molecular formula is C16H10Cl2N6. The van der Waals surface area contributed by atoms with Gasteiger partial charge in [0.1, 0.15) is 0 Å². The van der Waals surface area contributed by atoms with Crippen molar-refractivity contribution in [2.45, 2.75) is 0 Å². The maximum Gasteiger partial charge on any atom is 0.249 e. The lowest BCUT2D eigenvalue weighted by atomic mass is 10.2. The molecule has 0 spiro atoms. The fourth-order valence-corrected chi connectivity index (χ4v) is 2.40. The van der Waals surface area contributed by atoms with Crippen LogP contribution >= 0.6 is 23.2 Å². The van der Waals surface area contributed by atoms with Gasteiger partial charge in [0.15, 0.2) is 5.82 Å². The number of halogens is 2. The summed E-state index contributed by atoms with van der Waals surface area (Å²) in [6.45, 7) is 0. The van der Waals surface area contributed by atoms with E-state index in [-0.39, 0.29) is 0 Å². The second-order valence-electron chi connectivity index (χ2n) is 4.73. The van der Waals surface area contributed by atoms with Crippen molar-refractivity contribution in [1.82, 2.24) is 15.2 Å². The van der Waals surface area contributed by atoms with E-state index < -0.39 is 0 Å². The first-order valence-electron chi connectivity index (χ1n) is 6.83. The Bertz CT molecular complexity index is 922. The van der Waals surface area contributed by atoms with Gasteiger partial charge >= 0.3 is 0 Å². The minimum atomic E-state index is 0.292. The molecule has 118 valence electrons. The topological polar surface area (TPSA) is 86.5 Å². The Morgan fingerprint density at radius 2 is 1.92 bits per heavy atom. The number of hydrogen-bond acceptors (Lipinski definition) is 6. The third kappa shape index (κ3) is 3.90. The van der Waals surface area contributed by atoms with Crippen LogP contribution in [0.3, 0.4) is 0 Å². The summed E-state index contributed by atoms with van der Waals surface area (Å²) in [5.74, 6) is 0.758. The third-order valence-corrected chi connectivity index (χ3v) is 3.55. The maximum atomic E-state index is 8.93. The average Bonchev–Trinajstić information content (AvgIpc) is 2.58. The van der Waals surface area contributed by atoms with E-state index in [0.717, 1.165) is 0 Å². The monoisotopic (exact) mass is 356 g/mol. The zero-order valence-corrected chi connectivity index (χ0v) is 13.7. The van der Waals surface area contributed by atoms with Gasteiger partial charge in [-0.15, -0.1) is 5.10 Å². The predicted octanol–water partition coefficient (Wildman–Crippen LogP) is 4.54. The quantitative estimate of drug-likeness (QED) is 0.713. The summed E-state index contributed by atoms with van der Waals surface area (Å²) in [4.78, 5) is 4.31.